The van der Waals surface area contributed by atoms with Crippen LogP contribution in [0.1, 0.15) is 57.8 Å². The number of hydrogen-bond donors (Lipinski definition) is 4. The molecule has 0 bridgehead atoms. The highest BCUT2D eigenvalue weighted by atomic mass is 16.4. The number of barbiturate groups is 1. The summed E-state index contributed by atoms with van der Waals surface area (Å²) < 4.78 is 0. The van der Waals surface area contributed by atoms with E-state index in [1.54, 1.807) is 0 Å². The number of imide groups is 2. The van der Waals surface area contributed by atoms with Gasteiger partial charge in [-0.25, -0.2) is 24.2 Å². The molecule has 1 aliphatic rings. The molecule has 1 fully saturated rings. The third kappa shape index (κ3) is 9.21. The van der Waals surface area contributed by atoms with Crippen molar-refractivity contribution in [3.8, 4) is 0 Å². The highest BCUT2D eigenvalue weighted by Gasteiger charge is 2.48. The molecule has 16 nitrogen and oxygen atoms in total. The average molecular weight is 512 g/mol. The largest absolute Gasteiger partial charge is 0.481 e. The van der Waals surface area contributed by atoms with E-state index >= 15 is 0 Å². The Morgan fingerprint density at radius 1 is 0.889 bits per heavy atom. The first-order chi connectivity index (χ1) is 17.0. The van der Waals surface area contributed by atoms with Crippen molar-refractivity contribution in [1.29, 1.82) is 0 Å². The van der Waals surface area contributed by atoms with Gasteiger partial charge in [0.05, 0.1) is 0 Å². The fourth-order valence-corrected chi connectivity index (χ4v) is 3.52. The monoisotopic (exact) mass is 512 g/mol. The first-order valence-corrected chi connectivity index (χ1v) is 11.1. The molecule has 16 heteroatoms. The van der Waals surface area contributed by atoms with E-state index < -0.39 is 67.1 Å². The Bertz CT molecular complexity index is 932. The van der Waals surface area contributed by atoms with Gasteiger partial charge in [0, 0.05) is 30.8 Å². The van der Waals surface area contributed by atoms with Crippen molar-refractivity contribution in [3.63, 3.8) is 0 Å². The third-order valence-electron chi connectivity index (χ3n) is 5.28. The van der Waals surface area contributed by atoms with Crippen LogP contribution in [0.15, 0.2) is 5.11 Å². The van der Waals surface area contributed by atoms with E-state index in [-0.39, 0.29) is 43.2 Å². The van der Waals surface area contributed by atoms with Crippen LogP contribution >= 0.6 is 0 Å². The van der Waals surface area contributed by atoms with E-state index in [2.05, 4.69) is 15.3 Å². The second-order valence-corrected chi connectivity index (χ2v) is 7.88. The molecule has 2 atom stereocenters. The molecule has 0 radical (unpaired) electrons. The second-order valence-electron chi connectivity index (χ2n) is 7.88. The van der Waals surface area contributed by atoms with Crippen molar-refractivity contribution in [2.75, 3.05) is 13.1 Å². The maximum absolute atomic E-state index is 12.9. The molecule has 0 aromatic rings. The molecular formula is C20H28N6O10. The molecule has 0 aromatic carbocycles. The van der Waals surface area contributed by atoms with Crippen molar-refractivity contribution < 1.29 is 48.9 Å². The zero-order chi connectivity index (χ0) is 27.3. The zero-order valence-corrected chi connectivity index (χ0v) is 19.4. The molecule has 0 saturated carbocycles. The molecule has 5 amide bonds. The van der Waals surface area contributed by atoms with Crippen LogP contribution in [-0.2, 0) is 28.8 Å². The number of carboxylic acids is 3. The highest BCUT2D eigenvalue weighted by Crippen LogP contribution is 2.23. The Morgan fingerprint density at radius 2 is 1.47 bits per heavy atom. The topological polar surface area (TPSA) is 247 Å². The lowest BCUT2D eigenvalue weighted by atomic mass is 10.0. The summed E-state index contributed by atoms with van der Waals surface area (Å²) in [5, 5.41) is 33.8. The number of amides is 5. The number of hydrogen-bond acceptors (Lipinski definition) is 8. The van der Waals surface area contributed by atoms with Crippen molar-refractivity contribution in [2.45, 2.75) is 69.9 Å². The van der Waals surface area contributed by atoms with Gasteiger partial charge in [-0.2, -0.15) is 0 Å². The van der Waals surface area contributed by atoms with Crippen LogP contribution in [0.2, 0.25) is 0 Å². The molecule has 2 unspecified atom stereocenters. The fraction of sp³-hybridized carbons (Fsp3) is 0.650. The summed E-state index contributed by atoms with van der Waals surface area (Å²) in [5.41, 5.74) is 8.18. The Hall–Kier alpha value is -4.20. The van der Waals surface area contributed by atoms with Gasteiger partial charge in [0.25, 0.3) is 0 Å². The minimum atomic E-state index is -1.88. The molecule has 0 spiro atoms. The standard InChI is InChI=1S/C20H28N6O10/c21-24-23-10-4-2-6-14(27)22-9-3-1-5-12(18(32)33)25-15(28)11-16(29)26(20(25)36)13(19(34)35)7-8-17(30)31/h12-13H,1-11H2,(H,22,27)(H,30,31)(H,32,33)(H,34,35). The number of carboxylic acid groups (broad SMARTS) is 3. The molecule has 1 saturated heterocycles. The normalized spacial score (nSPS) is 15.2. The van der Waals surface area contributed by atoms with Gasteiger partial charge >= 0.3 is 23.9 Å². The number of unbranched alkanes of at least 4 members (excludes halogenated alkanes) is 2. The average Bonchev–Trinajstić information content (AvgIpc) is 2.78. The van der Waals surface area contributed by atoms with Gasteiger partial charge in [-0.05, 0) is 44.1 Å². The van der Waals surface area contributed by atoms with Gasteiger partial charge in [-0.3, -0.25) is 19.2 Å². The summed E-state index contributed by atoms with van der Waals surface area (Å²) in [6.45, 7) is 0.481. The number of nitrogens with one attached hydrogen (secondary N) is 1. The van der Waals surface area contributed by atoms with E-state index in [1.165, 1.54) is 0 Å². The van der Waals surface area contributed by atoms with E-state index in [9.17, 15) is 43.8 Å². The number of urea groups is 1. The van der Waals surface area contributed by atoms with Gasteiger partial charge in [-0.15, -0.1) is 0 Å². The minimum absolute atomic E-state index is 0.167. The molecule has 198 valence electrons. The quantitative estimate of drug-likeness (QED) is 0.0698. The lowest BCUT2D eigenvalue weighted by Crippen LogP contribution is -2.63. The smallest absolute Gasteiger partial charge is 0.335 e. The maximum atomic E-state index is 12.9. The summed E-state index contributed by atoms with van der Waals surface area (Å²) in [6, 6.07) is -5.01. The molecule has 1 rings (SSSR count). The minimum Gasteiger partial charge on any atom is -0.481 e. The van der Waals surface area contributed by atoms with Crippen LogP contribution in [0.4, 0.5) is 4.79 Å². The van der Waals surface area contributed by atoms with Crippen LogP contribution in [-0.4, -0.2) is 92.0 Å². The first kappa shape index (κ1) is 29.8. The fourth-order valence-electron chi connectivity index (χ4n) is 3.52. The van der Waals surface area contributed by atoms with E-state index in [4.69, 9.17) is 10.6 Å². The van der Waals surface area contributed by atoms with Crippen LogP contribution in [0, 0.1) is 0 Å². The first-order valence-electron chi connectivity index (χ1n) is 11.1. The number of carbonyl (C=O) groups excluding carboxylic acids is 4. The SMILES string of the molecule is [N-]=[N+]=NCCCCC(=O)NCCCCC(C(=O)O)N1C(=O)CC(=O)N(C(CCC(=O)O)C(=O)O)C1=O. The Morgan fingerprint density at radius 3 is 2.00 bits per heavy atom. The maximum Gasteiger partial charge on any atom is 0.335 e. The third-order valence-corrected chi connectivity index (χ3v) is 5.28. The number of nitrogens with zero attached hydrogens (tertiary/aromatic N) is 5. The van der Waals surface area contributed by atoms with Gasteiger partial charge in [0.15, 0.2) is 0 Å². The van der Waals surface area contributed by atoms with Crippen molar-refractivity contribution in [2.24, 2.45) is 5.11 Å². The van der Waals surface area contributed by atoms with Crippen molar-refractivity contribution in [1.82, 2.24) is 15.1 Å². The van der Waals surface area contributed by atoms with Gasteiger partial charge in [0.1, 0.15) is 18.5 Å². The molecule has 1 aliphatic heterocycles. The Balaban J connectivity index is 2.74. The summed E-state index contributed by atoms with van der Waals surface area (Å²) in [4.78, 5) is 86.7. The summed E-state index contributed by atoms with van der Waals surface area (Å²) in [5.74, 6) is -7.10. The molecular weight excluding hydrogens is 484 g/mol. The lowest BCUT2D eigenvalue weighted by molar-refractivity contribution is -0.158. The highest BCUT2D eigenvalue weighted by molar-refractivity contribution is 6.16. The summed E-state index contributed by atoms with van der Waals surface area (Å²) in [7, 11) is 0. The predicted octanol–water partition coefficient (Wildman–Crippen LogP) is 0.706. The number of rotatable bonds is 17. The molecule has 0 aliphatic carbocycles. The summed E-state index contributed by atoms with van der Waals surface area (Å²) >= 11 is 0. The van der Waals surface area contributed by atoms with Crippen LogP contribution in [0.5, 0.6) is 0 Å². The molecule has 4 N–H and O–H groups in total. The van der Waals surface area contributed by atoms with Gasteiger partial charge in [-0.1, -0.05) is 5.11 Å². The van der Waals surface area contributed by atoms with Gasteiger partial charge in [0.2, 0.25) is 17.7 Å². The van der Waals surface area contributed by atoms with E-state index in [1.807, 2.05) is 0 Å². The van der Waals surface area contributed by atoms with Crippen LogP contribution in [0.3, 0.4) is 0 Å². The number of aliphatic carboxylic acids is 3. The van der Waals surface area contributed by atoms with Crippen molar-refractivity contribution in [3.05, 3.63) is 10.4 Å². The predicted molar refractivity (Wildman–Crippen MR) is 118 cm³/mol. The number of carbonyl (C=O) groups is 7. The Labute approximate surface area is 204 Å². The van der Waals surface area contributed by atoms with Crippen molar-refractivity contribution >= 4 is 41.7 Å². The molecule has 1 heterocycles. The summed E-state index contributed by atoms with van der Waals surface area (Å²) in [6.07, 6.45) is -0.697. The lowest BCUT2D eigenvalue weighted by Gasteiger charge is -2.38. The van der Waals surface area contributed by atoms with E-state index in [0.29, 0.717) is 24.2 Å². The Kier molecular flexibility index (Phi) is 12.4. The molecule has 36 heavy (non-hydrogen) atoms. The number of azide groups is 1. The van der Waals surface area contributed by atoms with E-state index in [0.717, 1.165) is 0 Å². The van der Waals surface area contributed by atoms with Crippen LogP contribution in [0.25, 0.3) is 10.4 Å². The molecule has 0 aromatic heterocycles. The van der Waals surface area contributed by atoms with Crippen LogP contribution < -0.4 is 5.32 Å². The zero-order valence-electron chi connectivity index (χ0n) is 19.4. The van der Waals surface area contributed by atoms with Gasteiger partial charge < -0.3 is 20.6 Å². The second kappa shape index (κ2) is 14.9.